The lowest BCUT2D eigenvalue weighted by atomic mass is 10.1. The first-order chi connectivity index (χ1) is 15.8. The Morgan fingerprint density at radius 2 is 1.56 bits per heavy atom. The van der Waals surface area contributed by atoms with Crippen LogP contribution in [0.2, 0.25) is 0 Å². The van der Waals surface area contributed by atoms with Crippen LogP contribution in [0.15, 0.2) is 89.3 Å². The van der Waals surface area contributed by atoms with E-state index in [-0.39, 0.29) is 12.5 Å². The summed E-state index contributed by atoms with van der Waals surface area (Å²) in [5.41, 5.74) is 1.30. The summed E-state index contributed by atoms with van der Waals surface area (Å²) in [6.07, 6.45) is 0. The van der Waals surface area contributed by atoms with E-state index in [0.29, 0.717) is 24.6 Å². The van der Waals surface area contributed by atoms with Gasteiger partial charge < -0.3 is 14.1 Å². The third kappa shape index (κ3) is 4.53. The van der Waals surface area contributed by atoms with Gasteiger partial charge in [-0.2, -0.15) is 0 Å². The molecule has 4 aromatic rings. The van der Waals surface area contributed by atoms with Gasteiger partial charge in [-0.3, -0.25) is 9.69 Å². The van der Waals surface area contributed by atoms with Gasteiger partial charge in [-0.1, -0.05) is 66.7 Å². The van der Waals surface area contributed by atoms with Gasteiger partial charge in [0.05, 0.1) is 0 Å². The average Bonchev–Trinajstić information content (AvgIpc) is 3.32. The van der Waals surface area contributed by atoms with Gasteiger partial charge in [0.15, 0.2) is 5.76 Å². The van der Waals surface area contributed by atoms with Crippen molar-refractivity contribution in [2.45, 2.75) is 13.2 Å². The lowest BCUT2D eigenvalue weighted by Crippen LogP contribution is -2.48. The van der Waals surface area contributed by atoms with E-state index in [0.717, 1.165) is 36.2 Å². The zero-order valence-electron chi connectivity index (χ0n) is 17.9. The van der Waals surface area contributed by atoms with E-state index in [1.807, 2.05) is 47.4 Å². The number of carbonyl (C=O) groups excluding carboxylic acids is 1. The fourth-order valence-electron chi connectivity index (χ4n) is 4.15. The van der Waals surface area contributed by atoms with Gasteiger partial charge in [-0.15, -0.1) is 0 Å². The molecule has 0 radical (unpaired) electrons. The smallest absolute Gasteiger partial charge is 0.289 e. The topological polar surface area (TPSA) is 45.9 Å². The van der Waals surface area contributed by atoms with Crippen molar-refractivity contribution in [2.75, 3.05) is 26.2 Å². The van der Waals surface area contributed by atoms with Crippen LogP contribution in [-0.2, 0) is 13.2 Å². The van der Waals surface area contributed by atoms with Crippen LogP contribution in [0.3, 0.4) is 0 Å². The third-order valence-electron chi connectivity index (χ3n) is 5.90. The van der Waals surface area contributed by atoms with Gasteiger partial charge in [0.25, 0.3) is 5.91 Å². The number of hydrogen-bond acceptors (Lipinski definition) is 4. The Morgan fingerprint density at radius 1 is 0.812 bits per heavy atom. The van der Waals surface area contributed by atoms with E-state index in [4.69, 9.17) is 9.15 Å². The number of ether oxygens (including phenoxy) is 1. The van der Waals surface area contributed by atoms with Crippen LogP contribution in [0.1, 0.15) is 21.9 Å². The minimum atomic E-state index is -0.0548. The Kier molecular flexibility index (Phi) is 5.90. The summed E-state index contributed by atoms with van der Waals surface area (Å²) in [7, 11) is 0. The van der Waals surface area contributed by atoms with Crippen LogP contribution in [0.4, 0.5) is 0 Å². The van der Waals surface area contributed by atoms with Crippen molar-refractivity contribution < 1.29 is 13.9 Å². The number of hydrogen-bond donors (Lipinski definition) is 0. The molecule has 1 saturated heterocycles. The van der Waals surface area contributed by atoms with E-state index >= 15 is 0 Å². The molecule has 1 aliphatic heterocycles. The number of amides is 1. The lowest BCUT2D eigenvalue weighted by molar-refractivity contribution is 0.0594. The predicted octanol–water partition coefficient (Wildman–Crippen LogP) is 4.97. The van der Waals surface area contributed by atoms with E-state index in [2.05, 4.69) is 41.3 Å². The van der Waals surface area contributed by atoms with Gasteiger partial charge in [-0.25, -0.2) is 0 Å². The third-order valence-corrected chi connectivity index (χ3v) is 5.90. The first kappa shape index (κ1) is 20.3. The number of nitrogens with zero attached hydrogens (tertiary/aromatic N) is 2. The molecule has 0 unspecified atom stereocenters. The van der Waals surface area contributed by atoms with Gasteiger partial charge >= 0.3 is 0 Å². The Bertz CT molecular complexity index is 1190. The van der Waals surface area contributed by atoms with E-state index in [1.165, 1.54) is 5.56 Å². The quantitative estimate of drug-likeness (QED) is 0.437. The molecule has 1 aromatic heterocycles. The fourth-order valence-corrected chi connectivity index (χ4v) is 4.15. The number of carbonyl (C=O) groups is 1. The highest BCUT2D eigenvalue weighted by molar-refractivity contribution is 5.91. The van der Waals surface area contributed by atoms with Crippen LogP contribution in [0.25, 0.3) is 10.8 Å². The van der Waals surface area contributed by atoms with Crippen molar-refractivity contribution in [3.8, 4) is 5.75 Å². The molecule has 5 rings (SSSR count). The molecule has 32 heavy (non-hydrogen) atoms. The lowest BCUT2D eigenvalue weighted by Gasteiger charge is -2.34. The maximum absolute atomic E-state index is 12.9. The summed E-state index contributed by atoms with van der Waals surface area (Å²) in [4.78, 5) is 17.2. The van der Waals surface area contributed by atoms with E-state index in [1.54, 1.807) is 6.07 Å². The molecule has 5 nitrogen and oxygen atoms in total. The Labute approximate surface area is 187 Å². The molecule has 0 bridgehead atoms. The van der Waals surface area contributed by atoms with Gasteiger partial charge in [0.1, 0.15) is 18.1 Å². The summed E-state index contributed by atoms with van der Waals surface area (Å²) in [5.74, 6) is 1.77. The van der Waals surface area contributed by atoms with Crippen molar-refractivity contribution >= 4 is 16.7 Å². The molecule has 5 heteroatoms. The largest absolute Gasteiger partial charge is 0.485 e. The van der Waals surface area contributed by atoms with Crippen LogP contribution in [0, 0.1) is 0 Å². The molecule has 3 aromatic carbocycles. The SMILES string of the molecule is O=C(c1ccc(COc2cccc3ccccc23)o1)N1CCN(Cc2ccccc2)CC1. The fraction of sp³-hybridized carbons (Fsp3) is 0.222. The van der Waals surface area contributed by atoms with Crippen molar-refractivity contribution in [3.05, 3.63) is 102 Å². The molecule has 1 fully saturated rings. The van der Waals surface area contributed by atoms with Crippen molar-refractivity contribution in [1.29, 1.82) is 0 Å². The zero-order chi connectivity index (χ0) is 21.8. The minimum absolute atomic E-state index is 0.0548. The van der Waals surface area contributed by atoms with E-state index < -0.39 is 0 Å². The highest BCUT2D eigenvalue weighted by atomic mass is 16.5. The number of furan rings is 1. The number of benzene rings is 3. The highest BCUT2D eigenvalue weighted by Crippen LogP contribution is 2.26. The number of rotatable bonds is 6. The maximum Gasteiger partial charge on any atom is 0.289 e. The van der Waals surface area contributed by atoms with Crippen LogP contribution in [-0.4, -0.2) is 41.9 Å². The van der Waals surface area contributed by atoms with Crippen molar-refractivity contribution in [1.82, 2.24) is 9.80 Å². The molecule has 162 valence electrons. The second-order valence-corrected chi connectivity index (χ2v) is 8.09. The number of fused-ring (bicyclic) bond motifs is 1. The predicted molar refractivity (Wildman–Crippen MR) is 125 cm³/mol. The summed E-state index contributed by atoms with van der Waals surface area (Å²) >= 11 is 0. The molecule has 0 N–H and O–H groups in total. The molecule has 1 amide bonds. The minimum Gasteiger partial charge on any atom is -0.485 e. The number of piperazine rings is 1. The molecular formula is C27H26N2O3. The van der Waals surface area contributed by atoms with Gasteiger partial charge in [0.2, 0.25) is 0 Å². The van der Waals surface area contributed by atoms with Crippen LogP contribution in [0.5, 0.6) is 5.75 Å². The van der Waals surface area contributed by atoms with E-state index in [9.17, 15) is 4.79 Å². The zero-order valence-corrected chi connectivity index (χ0v) is 17.9. The molecule has 0 saturated carbocycles. The molecule has 1 aliphatic rings. The maximum atomic E-state index is 12.9. The van der Waals surface area contributed by atoms with Crippen molar-refractivity contribution in [3.63, 3.8) is 0 Å². The second kappa shape index (κ2) is 9.28. The van der Waals surface area contributed by atoms with Crippen LogP contribution < -0.4 is 4.74 Å². The van der Waals surface area contributed by atoms with Gasteiger partial charge in [-0.05, 0) is 29.1 Å². The Morgan fingerprint density at radius 3 is 2.41 bits per heavy atom. The summed E-state index contributed by atoms with van der Waals surface area (Å²) < 4.78 is 11.8. The second-order valence-electron chi connectivity index (χ2n) is 8.09. The summed E-state index contributed by atoms with van der Waals surface area (Å²) in [6.45, 7) is 4.32. The average molecular weight is 427 g/mol. The van der Waals surface area contributed by atoms with Gasteiger partial charge in [0, 0.05) is 38.1 Å². The molecule has 2 heterocycles. The Balaban J connectivity index is 1.16. The monoisotopic (exact) mass is 426 g/mol. The molecule has 0 atom stereocenters. The summed E-state index contributed by atoms with van der Waals surface area (Å²) in [5, 5.41) is 2.19. The standard InChI is InChI=1S/C27H26N2O3/c30-27(29-17-15-28(16-18-29)19-21-7-2-1-3-8-21)26-14-13-23(32-26)20-31-25-12-6-10-22-9-4-5-11-24(22)25/h1-14H,15-20H2. The molecular weight excluding hydrogens is 400 g/mol. The summed E-state index contributed by atoms with van der Waals surface area (Å²) in [6, 6.07) is 28.1. The highest BCUT2D eigenvalue weighted by Gasteiger charge is 2.24. The molecule has 0 aliphatic carbocycles. The Hall–Kier alpha value is -3.57. The normalized spacial score (nSPS) is 14.6. The molecule has 0 spiro atoms. The van der Waals surface area contributed by atoms with Crippen molar-refractivity contribution in [2.24, 2.45) is 0 Å². The first-order valence-corrected chi connectivity index (χ1v) is 11.0. The first-order valence-electron chi connectivity index (χ1n) is 11.0. The van der Waals surface area contributed by atoms with Crippen LogP contribution >= 0.6 is 0 Å².